The fraction of sp³-hybridized carbons (Fsp3) is 0.158. The van der Waals surface area contributed by atoms with Gasteiger partial charge in [-0.05, 0) is 23.8 Å². The smallest absolute Gasteiger partial charge is 0.243 e. The van der Waals surface area contributed by atoms with Gasteiger partial charge in [0.2, 0.25) is 11.8 Å². The molecule has 0 saturated carbocycles. The number of H-pyrrole nitrogens is 1. The molecule has 0 atom stereocenters. The number of hydrogen-bond donors (Lipinski definition) is 3. The molecular formula is C19H19N3O3. The molecule has 0 radical (unpaired) electrons. The van der Waals surface area contributed by atoms with E-state index in [1.165, 1.54) is 0 Å². The van der Waals surface area contributed by atoms with Gasteiger partial charge in [0.15, 0.2) is 0 Å². The van der Waals surface area contributed by atoms with Crippen LogP contribution in [0.15, 0.2) is 54.7 Å². The molecule has 1 heterocycles. The summed E-state index contributed by atoms with van der Waals surface area (Å²) in [4.78, 5) is 27.2. The van der Waals surface area contributed by atoms with E-state index in [1.54, 1.807) is 31.4 Å². The Morgan fingerprint density at radius 2 is 1.92 bits per heavy atom. The molecule has 3 N–H and O–H groups in total. The first-order valence-electron chi connectivity index (χ1n) is 7.91. The van der Waals surface area contributed by atoms with Crippen molar-refractivity contribution in [3.63, 3.8) is 0 Å². The Morgan fingerprint density at radius 3 is 2.76 bits per heavy atom. The molecule has 1 aromatic heterocycles. The maximum absolute atomic E-state index is 12.1. The number of benzene rings is 2. The second-order valence-corrected chi connectivity index (χ2v) is 5.59. The Kier molecular flexibility index (Phi) is 4.99. The Bertz CT molecular complexity index is 902. The van der Waals surface area contributed by atoms with Gasteiger partial charge in [0.05, 0.1) is 20.1 Å². The summed E-state index contributed by atoms with van der Waals surface area (Å²) in [7, 11) is 1.56. The van der Waals surface area contributed by atoms with Crippen LogP contribution in [0.3, 0.4) is 0 Å². The average Bonchev–Trinajstić information content (AvgIpc) is 3.03. The zero-order valence-electron chi connectivity index (χ0n) is 13.8. The highest BCUT2D eigenvalue weighted by molar-refractivity contribution is 5.95. The van der Waals surface area contributed by atoms with Crippen LogP contribution in [0.1, 0.15) is 5.56 Å². The van der Waals surface area contributed by atoms with E-state index in [-0.39, 0.29) is 24.8 Å². The lowest BCUT2D eigenvalue weighted by molar-refractivity contribution is -0.123. The monoisotopic (exact) mass is 337 g/mol. The van der Waals surface area contributed by atoms with Crippen LogP contribution in [-0.4, -0.2) is 30.5 Å². The van der Waals surface area contributed by atoms with Crippen molar-refractivity contribution >= 4 is 28.4 Å². The van der Waals surface area contributed by atoms with E-state index in [4.69, 9.17) is 4.74 Å². The van der Waals surface area contributed by atoms with Gasteiger partial charge in [-0.25, -0.2) is 0 Å². The molecule has 3 aromatic rings. The molecular weight excluding hydrogens is 318 g/mol. The number of carbonyl (C=O) groups excluding carboxylic acids is 2. The third kappa shape index (κ3) is 4.17. The number of nitrogens with one attached hydrogen (secondary N) is 3. The van der Waals surface area contributed by atoms with Crippen LogP contribution in [0.4, 0.5) is 5.69 Å². The second-order valence-electron chi connectivity index (χ2n) is 5.59. The predicted octanol–water partition coefficient (Wildman–Crippen LogP) is 2.47. The molecule has 0 fully saturated rings. The van der Waals surface area contributed by atoms with Gasteiger partial charge in [-0.3, -0.25) is 9.59 Å². The summed E-state index contributed by atoms with van der Waals surface area (Å²) in [6.45, 7) is -0.0849. The zero-order chi connectivity index (χ0) is 17.6. The van der Waals surface area contributed by atoms with Crippen molar-refractivity contribution in [2.75, 3.05) is 19.0 Å². The lowest BCUT2D eigenvalue weighted by atomic mass is 10.1. The van der Waals surface area contributed by atoms with Gasteiger partial charge in [0.1, 0.15) is 5.75 Å². The van der Waals surface area contributed by atoms with E-state index in [1.807, 2.05) is 30.5 Å². The maximum Gasteiger partial charge on any atom is 0.243 e. The predicted molar refractivity (Wildman–Crippen MR) is 96.6 cm³/mol. The van der Waals surface area contributed by atoms with Gasteiger partial charge >= 0.3 is 0 Å². The third-order valence-electron chi connectivity index (χ3n) is 3.83. The largest absolute Gasteiger partial charge is 0.497 e. The summed E-state index contributed by atoms with van der Waals surface area (Å²) in [5.41, 5.74) is 2.51. The van der Waals surface area contributed by atoms with E-state index in [2.05, 4.69) is 15.6 Å². The Balaban J connectivity index is 1.52. The van der Waals surface area contributed by atoms with Crippen molar-refractivity contribution in [1.82, 2.24) is 10.3 Å². The maximum atomic E-state index is 12.1. The van der Waals surface area contributed by atoms with Crippen molar-refractivity contribution in [1.29, 1.82) is 0 Å². The minimum absolute atomic E-state index is 0.0849. The quantitative estimate of drug-likeness (QED) is 0.646. The molecule has 0 aliphatic rings. The van der Waals surface area contributed by atoms with Gasteiger partial charge in [0, 0.05) is 28.9 Å². The molecule has 0 saturated heterocycles. The van der Waals surface area contributed by atoms with Crippen molar-refractivity contribution in [2.24, 2.45) is 0 Å². The van der Waals surface area contributed by atoms with Crippen molar-refractivity contribution < 1.29 is 14.3 Å². The number of para-hydroxylation sites is 1. The van der Waals surface area contributed by atoms with E-state index < -0.39 is 0 Å². The first-order valence-corrected chi connectivity index (χ1v) is 7.91. The molecule has 6 heteroatoms. The van der Waals surface area contributed by atoms with Gasteiger partial charge in [0.25, 0.3) is 0 Å². The van der Waals surface area contributed by atoms with Crippen molar-refractivity contribution in [3.8, 4) is 5.75 Å². The number of amides is 2. The molecule has 0 aliphatic heterocycles. The van der Waals surface area contributed by atoms with Gasteiger partial charge in [-0.2, -0.15) is 0 Å². The summed E-state index contributed by atoms with van der Waals surface area (Å²) in [5.74, 6) is 0.159. The highest BCUT2D eigenvalue weighted by Gasteiger charge is 2.10. The van der Waals surface area contributed by atoms with Crippen molar-refractivity contribution in [3.05, 3.63) is 60.3 Å². The molecule has 3 rings (SSSR count). The molecule has 2 amide bonds. The summed E-state index contributed by atoms with van der Waals surface area (Å²) >= 11 is 0. The number of hydrogen-bond acceptors (Lipinski definition) is 3. The molecule has 2 aromatic carbocycles. The van der Waals surface area contributed by atoms with E-state index in [0.29, 0.717) is 11.4 Å². The summed E-state index contributed by atoms with van der Waals surface area (Å²) < 4.78 is 5.10. The van der Waals surface area contributed by atoms with E-state index >= 15 is 0 Å². The van der Waals surface area contributed by atoms with Crippen LogP contribution in [0.5, 0.6) is 5.75 Å². The molecule has 128 valence electrons. The van der Waals surface area contributed by atoms with Crippen LogP contribution in [0, 0.1) is 0 Å². The number of fused-ring (bicyclic) bond motifs is 1. The highest BCUT2D eigenvalue weighted by atomic mass is 16.5. The molecule has 0 aliphatic carbocycles. The first-order chi connectivity index (χ1) is 12.2. The molecule has 6 nitrogen and oxygen atoms in total. The standard InChI is InChI=1S/C19H19N3O3/c1-25-15-6-4-5-14(10-15)22-19(24)12-21-18(23)9-13-11-20-17-8-3-2-7-16(13)17/h2-8,10-11,20H,9,12H2,1H3,(H,21,23)(H,22,24). The average molecular weight is 337 g/mol. The SMILES string of the molecule is COc1cccc(NC(=O)CNC(=O)Cc2c[nH]c3ccccc23)c1. The van der Waals surface area contributed by atoms with E-state index in [0.717, 1.165) is 16.5 Å². The molecule has 0 bridgehead atoms. The summed E-state index contributed by atoms with van der Waals surface area (Å²) in [6.07, 6.45) is 2.04. The summed E-state index contributed by atoms with van der Waals surface area (Å²) in [6, 6.07) is 14.8. The molecule has 25 heavy (non-hydrogen) atoms. The Morgan fingerprint density at radius 1 is 1.08 bits per heavy atom. The number of ether oxygens (including phenoxy) is 1. The minimum Gasteiger partial charge on any atom is -0.497 e. The number of methoxy groups -OCH3 is 1. The Labute approximate surface area is 145 Å². The minimum atomic E-state index is -0.291. The lowest BCUT2D eigenvalue weighted by Crippen LogP contribution is -2.33. The first kappa shape index (κ1) is 16.6. The number of rotatable bonds is 6. The molecule has 0 unspecified atom stereocenters. The third-order valence-corrected chi connectivity index (χ3v) is 3.83. The summed E-state index contributed by atoms with van der Waals surface area (Å²) in [5, 5.41) is 6.37. The number of anilines is 1. The van der Waals surface area contributed by atoms with Gasteiger partial charge in [-0.1, -0.05) is 24.3 Å². The van der Waals surface area contributed by atoms with E-state index in [9.17, 15) is 9.59 Å². The highest BCUT2D eigenvalue weighted by Crippen LogP contribution is 2.18. The van der Waals surface area contributed by atoms with Gasteiger partial charge < -0.3 is 20.4 Å². The fourth-order valence-electron chi connectivity index (χ4n) is 2.60. The number of carbonyl (C=O) groups is 2. The zero-order valence-corrected chi connectivity index (χ0v) is 13.8. The normalized spacial score (nSPS) is 10.4. The fourth-order valence-corrected chi connectivity index (χ4v) is 2.60. The lowest BCUT2D eigenvalue weighted by Gasteiger charge is -2.08. The van der Waals surface area contributed by atoms with Crippen LogP contribution in [-0.2, 0) is 16.0 Å². The Hall–Kier alpha value is -3.28. The van der Waals surface area contributed by atoms with Crippen LogP contribution in [0.25, 0.3) is 10.9 Å². The molecule has 0 spiro atoms. The van der Waals surface area contributed by atoms with Crippen LogP contribution < -0.4 is 15.4 Å². The van der Waals surface area contributed by atoms with Gasteiger partial charge in [-0.15, -0.1) is 0 Å². The number of aromatic nitrogens is 1. The topological polar surface area (TPSA) is 83.2 Å². The van der Waals surface area contributed by atoms with Crippen LogP contribution >= 0.6 is 0 Å². The number of aromatic amines is 1. The van der Waals surface area contributed by atoms with Crippen molar-refractivity contribution in [2.45, 2.75) is 6.42 Å². The second kappa shape index (κ2) is 7.53. The van der Waals surface area contributed by atoms with Crippen LogP contribution in [0.2, 0.25) is 0 Å².